The number of nitrogens with one attached hydrogen (secondary N) is 2. The lowest BCUT2D eigenvalue weighted by atomic mass is 10.3. The maximum atomic E-state index is 13.3. The van der Waals surface area contributed by atoms with Crippen molar-refractivity contribution in [2.45, 2.75) is 4.90 Å². The normalized spacial score (nSPS) is 11.4. The number of rotatable bonds is 3. The summed E-state index contributed by atoms with van der Waals surface area (Å²) in [6, 6.07) is 2.15. The molecule has 9 heteroatoms. The first-order chi connectivity index (χ1) is 7.99. The molecule has 1 aromatic carbocycles. The molecule has 0 saturated heterocycles. The van der Waals surface area contributed by atoms with Crippen LogP contribution in [0.3, 0.4) is 0 Å². The predicted octanol–water partition coefficient (Wildman–Crippen LogP) is 0.884. The summed E-state index contributed by atoms with van der Waals surface area (Å²) in [5, 5.41) is 5.67. The molecular formula is C8H6F2N4O2S. The Bertz CT molecular complexity index is 627. The summed E-state index contributed by atoms with van der Waals surface area (Å²) in [7, 11) is -4.16. The lowest BCUT2D eigenvalue weighted by molar-refractivity contribution is 0.551. The number of anilines is 1. The molecule has 17 heavy (non-hydrogen) atoms. The van der Waals surface area contributed by atoms with Crippen LogP contribution in [-0.2, 0) is 10.0 Å². The lowest BCUT2D eigenvalue weighted by Crippen LogP contribution is -2.15. The highest BCUT2D eigenvalue weighted by molar-refractivity contribution is 7.92. The van der Waals surface area contributed by atoms with Crippen LogP contribution in [0.2, 0.25) is 0 Å². The minimum absolute atomic E-state index is 0.159. The maximum absolute atomic E-state index is 13.3. The first-order valence-corrected chi connectivity index (χ1v) is 5.80. The average Bonchev–Trinajstić information content (AvgIpc) is 2.68. The number of hydrogen-bond donors (Lipinski definition) is 2. The monoisotopic (exact) mass is 260 g/mol. The van der Waals surface area contributed by atoms with Crippen LogP contribution >= 0.6 is 0 Å². The third-order valence-corrected chi connectivity index (χ3v) is 3.20. The average molecular weight is 260 g/mol. The summed E-state index contributed by atoms with van der Waals surface area (Å²) in [5.74, 6) is -2.20. The summed E-state index contributed by atoms with van der Waals surface area (Å²) in [6.07, 6.45) is 1.08. The van der Waals surface area contributed by atoms with Gasteiger partial charge in [0.2, 0.25) is 5.95 Å². The maximum Gasteiger partial charge on any atom is 0.267 e. The first kappa shape index (κ1) is 11.5. The summed E-state index contributed by atoms with van der Waals surface area (Å²) >= 11 is 0. The molecule has 6 nitrogen and oxygen atoms in total. The molecule has 1 aromatic heterocycles. The number of nitrogens with zero attached hydrogens (tertiary/aromatic N) is 2. The first-order valence-electron chi connectivity index (χ1n) is 4.32. The van der Waals surface area contributed by atoms with Gasteiger partial charge in [0.25, 0.3) is 10.0 Å². The molecule has 90 valence electrons. The van der Waals surface area contributed by atoms with E-state index in [1.807, 2.05) is 4.72 Å². The van der Waals surface area contributed by atoms with Crippen LogP contribution in [0.5, 0.6) is 0 Å². The van der Waals surface area contributed by atoms with E-state index >= 15 is 0 Å². The van der Waals surface area contributed by atoms with Gasteiger partial charge in [0, 0.05) is 6.07 Å². The van der Waals surface area contributed by atoms with E-state index in [0.29, 0.717) is 6.07 Å². The molecule has 2 N–H and O–H groups in total. The fraction of sp³-hybridized carbons (Fsp3) is 0. The number of benzene rings is 1. The van der Waals surface area contributed by atoms with Crippen molar-refractivity contribution >= 4 is 16.0 Å². The Morgan fingerprint density at radius 2 is 2.06 bits per heavy atom. The summed E-state index contributed by atoms with van der Waals surface area (Å²) in [6.45, 7) is 0. The largest absolute Gasteiger partial charge is 0.267 e. The van der Waals surface area contributed by atoms with Gasteiger partial charge in [-0.05, 0) is 12.1 Å². The molecule has 2 rings (SSSR count). The van der Waals surface area contributed by atoms with Crippen LogP contribution in [0.4, 0.5) is 14.7 Å². The fourth-order valence-corrected chi connectivity index (χ4v) is 2.16. The van der Waals surface area contributed by atoms with Crippen molar-refractivity contribution in [3.8, 4) is 0 Å². The molecule has 0 saturated carbocycles. The SMILES string of the molecule is O=S(=O)(Nc1ncn[nH]1)c1ccc(F)cc1F. The van der Waals surface area contributed by atoms with E-state index in [2.05, 4.69) is 15.2 Å². The number of aromatic nitrogens is 3. The molecule has 0 radical (unpaired) electrons. The van der Waals surface area contributed by atoms with E-state index in [4.69, 9.17) is 0 Å². The second kappa shape index (κ2) is 4.09. The quantitative estimate of drug-likeness (QED) is 0.857. The molecule has 0 atom stereocenters. The molecule has 0 aliphatic rings. The van der Waals surface area contributed by atoms with Gasteiger partial charge in [-0.1, -0.05) is 0 Å². The van der Waals surface area contributed by atoms with E-state index in [9.17, 15) is 17.2 Å². The molecule has 0 spiro atoms. The number of aromatic amines is 1. The second-order valence-corrected chi connectivity index (χ2v) is 4.67. The van der Waals surface area contributed by atoms with Crippen LogP contribution in [0.1, 0.15) is 0 Å². The molecule has 0 aliphatic carbocycles. The van der Waals surface area contributed by atoms with Crippen molar-refractivity contribution in [1.82, 2.24) is 15.2 Å². The van der Waals surface area contributed by atoms with Crippen LogP contribution < -0.4 is 4.72 Å². The highest BCUT2D eigenvalue weighted by Gasteiger charge is 2.20. The van der Waals surface area contributed by atoms with Crippen molar-refractivity contribution in [1.29, 1.82) is 0 Å². The number of hydrogen-bond acceptors (Lipinski definition) is 4. The summed E-state index contributed by atoms with van der Waals surface area (Å²) < 4.78 is 51.2. The van der Waals surface area contributed by atoms with Crippen molar-refractivity contribution in [3.63, 3.8) is 0 Å². The van der Waals surface area contributed by atoms with Crippen molar-refractivity contribution in [2.75, 3.05) is 4.72 Å². The van der Waals surface area contributed by atoms with E-state index < -0.39 is 26.6 Å². The van der Waals surface area contributed by atoms with Gasteiger partial charge in [-0.3, -0.25) is 0 Å². The highest BCUT2D eigenvalue weighted by atomic mass is 32.2. The number of halogens is 2. The number of sulfonamides is 1. The van der Waals surface area contributed by atoms with E-state index in [1.165, 1.54) is 0 Å². The van der Waals surface area contributed by atoms with Gasteiger partial charge in [-0.15, -0.1) is 0 Å². The third-order valence-electron chi connectivity index (χ3n) is 1.83. The zero-order chi connectivity index (χ0) is 12.5. The summed E-state index contributed by atoms with van der Waals surface area (Å²) in [4.78, 5) is 2.85. The van der Waals surface area contributed by atoms with Gasteiger partial charge in [0.1, 0.15) is 22.9 Å². The van der Waals surface area contributed by atoms with Gasteiger partial charge >= 0.3 is 0 Å². The van der Waals surface area contributed by atoms with Gasteiger partial charge in [-0.25, -0.2) is 27.0 Å². The zero-order valence-corrected chi connectivity index (χ0v) is 9.00. The lowest BCUT2D eigenvalue weighted by Gasteiger charge is -2.05. The Kier molecular flexibility index (Phi) is 2.76. The summed E-state index contributed by atoms with van der Waals surface area (Å²) in [5.41, 5.74) is 0. The Hall–Kier alpha value is -2.03. The van der Waals surface area contributed by atoms with Crippen LogP contribution in [0.25, 0.3) is 0 Å². The zero-order valence-electron chi connectivity index (χ0n) is 8.18. The van der Waals surface area contributed by atoms with Crippen molar-refractivity contribution in [3.05, 3.63) is 36.2 Å². The second-order valence-electron chi connectivity index (χ2n) is 3.01. The molecule has 0 bridgehead atoms. The highest BCUT2D eigenvalue weighted by Crippen LogP contribution is 2.17. The number of H-pyrrole nitrogens is 1. The van der Waals surface area contributed by atoms with Crippen molar-refractivity contribution in [2.24, 2.45) is 0 Å². The Labute approximate surface area is 94.7 Å². The Morgan fingerprint density at radius 1 is 1.29 bits per heavy atom. The van der Waals surface area contributed by atoms with E-state index in [0.717, 1.165) is 18.5 Å². The molecule has 1 heterocycles. The molecule has 0 aliphatic heterocycles. The van der Waals surface area contributed by atoms with Crippen LogP contribution in [-0.4, -0.2) is 23.6 Å². The smallest absolute Gasteiger partial charge is 0.247 e. The van der Waals surface area contributed by atoms with Gasteiger partial charge < -0.3 is 0 Å². The topological polar surface area (TPSA) is 87.7 Å². The van der Waals surface area contributed by atoms with Gasteiger partial charge in [0.15, 0.2) is 0 Å². The molecule has 0 fully saturated rings. The van der Waals surface area contributed by atoms with Crippen LogP contribution in [0, 0.1) is 11.6 Å². The van der Waals surface area contributed by atoms with E-state index in [1.54, 1.807) is 0 Å². The van der Waals surface area contributed by atoms with Gasteiger partial charge in [0.05, 0.1) is 0 Å². The Morgan fingerprint density at radius 3 is 2.65 bits per heavy atom. The molecular weight excluding hydrogens is 254 g/mol. The molecule has 0 amide bonds. The van der Waals surface area contributed by atoms with Gasteiger partial charge in [-0.2, -0.15) is 10.1 Å². The minimum Gasteiger partial charge on any atom is -0.247 e. The fourth-order valence-electron chi connectivity index (χ4n) is 1.13. The minimum atomic E-state index is -4.16. The predicted molar refractivity (Wildman–Crippen MR) is 53.5 cm³/mol. The molecule has 2 aromatic rings. The molecule has 0 unspecified atom stereocenters. The Balaban J connectivity index is 2.38. The van der Waals surface area contributed by atoms with E-state index in [-0.39, 0.29) is 5.95 Å². The van der Waals surface area contributed by atoms with Crippen molar-refractivity contribution < 1.29 is 17.2 Å². The standard InChI is InChI=1S/C8H6F2N4O2S/c9-5-1-2-7(6(10)3-5)17(15,16)14-8-11-4-12-13-8/h1-4H,(H2,11,12,13,14). The third kappa shape index (κ3) is 2.38. The van der Waals surface area contributed by atoms with Crippen LogP contribution in [0.15, 0.2) is 29.4 Å².